The molecule has 100 valence electrons. The molecule has 0 aromatic heterocycles. The van der Waals surface area contributed by atoms with E-state index in [1.54, 1.807) is 0 Å². The molecule has 1 amide bonds. The maximum Gasteiger partial charge on any atom is 0.254 e. The summed E-state index contributed by atoms with van der Waals surface area (Å²) in [6.07, 6.45) is 0. The van der Waals surface area contributed by atoms with Crippen molar-refractivity contribution in [3.05, 3.63) is 34.9 Å². The van der Waals surface area contributed by atoms with Gasteiger partial charge >= 0.3 is 0 Å². The molecule has 0 aliphatic heterocycles. The van der Waals surface area contributed by atoms with Gasteiger partial charge in [0.1, 0.15) is 11.6 Å². The Morgan fingerprint density at radius 2 is 1.94 bits per heavy atom. The number of rotatable bonds is 4. The van der Waals surface area contributed by atoms with Gasteiger partial charge in [-0.3, -0.25) is 4.79 Å². The van der Waals surface area contributed by atoms with Crippen molar-refractivity contribution in [2.24, 2.45) is 5.92 Å². The van der Waals surface area contributed by atoms with Crippen LogP contribution in [-0.4, -0.2) is 17.3 Å². The molecule has 0 aliphatic carbocycles. The Morgan fingerprint density at radius 3 is 2.50 bits per heavy atom. The van der Waals surface area contributed by atoms with Crippen molar-refractivity contribution in [3.8, 4) is 0 Å². The molecule has 1 aromatic carbocycles. The molecule has 1 rings (SSSR count). The normalized spacial score (nSPS) is 14.1. The van der Waals surface area contributed by atoms with Crippen LogP contribution in [0.15, 0.2) is 12.1 Å². The van der Waals surface area contributed by atoms with Gasteiger partial charge in [-0.15, -0.1) is 0 Å². The van der Waals surface area contributed by atoms with E-state index in [2.05, 4.69) is 21.2 Å². The van der Waals surface area contributed by atoms with E-state index in [1.165, 1.54) is 13.0 Å². The summed E-state index contributed by atoms with van der Waals surface area (Å²) in [7, 11) is 0. The largest absolute Gasteiger partial charge is 0.349 e. The maximum absolute atomic E-state index is 13.5. The minimum absolute atomic E-state index is 0.0957. The molecule has 2 unspecified atom stereocenters. The van der Waals surface area contributed by atoms with Gasteiger partial charge in [-0.1, -0.05) is 22.9 Å². The quantitative estimate of drug-likeness (QED) is 0.846. The van der Waals surface area contributed by atoms with Crippen LogP contribution >= 0.6 is 15.9 Å². The van der Waals surface area contributed by atoms with Crippen molar-refractivity contribution in [3.63, 3.8) is 0 Å². The highest BCUT2D eigenvalue weighted by Crippen LogP contribution is 2.15. The molecule has 0 saturated heterocycles. The van der Waals surface area contributed by atoms with Gasteiger partial charge in [0.25, 0.3) is 5.91 Å². The molecule has 0 spiro atoms. The number of aryl methyl sites for hydroxylation is 1. The molecule has 18 heavy (non-hydrogen) atoms. The summed E-state index contributed by atoms with van der Waals surface area (Å²) in [6.45, 7) is 5.31. The zero-order valence-corrected chi connectivity index (χ0v) is 12.1. The van der Waals surface area contributed by atoms with E-state index in [0.29, 0.717) is 0 Å². The molecule has 2 atom stereocenters. The lowest BCUT2D eigenvalue weighted by atomic mass is 10.0. The van der Waals surface area contributed by atoms with Crippen LogP contribution < -0.4 is 5.32 Å². The van der Waals surface area contributed by atoms with Gasteiger partial charge in [-0.2, -0.15) is 0 Å². The van der Waals surface area contributed by atoms with Gasteiger partial charge in [-0.25, -0.2) is 8.78 Å². The summed E-state index contributed by atoms with van der Waals surface area (Å²) in [5, 5.41) is 3.44. The van der Waals surface area contributed by atoms with E-state index in [4.69, 9.17) is 0 Å². The van der Waals surface area contributed by atoms with E-state index in [9.17, 15) is 13.6 Å². The van der Waals surface area contributed by atoms with Crippen molar-refractivity contribution in [2.45, 2.75) is 26.8 Å². The second kappa shape index (κ2) is 6.27. The molecule has 0 fully saturated rings. The Kier molecular flexibility index (Phi) is 5.26. The van der Waals surface area contributed by atoms with Gasteiger partial charge in [-0.05, 0) is 31.4 Å². The minimum Gasteiger partial charge on any atom is -0.349 e. The first-order chi connectivity index (χ1) is 8.36. The Labute approximate surface area is 114 Å². The number of benzene rings is 1. The minimum atomic E-state index is -0.839. The Balaban J connectivity index is 2.88. The van der Waals surface area contributed by atoms with E-state index in [-0.39, 0.29) is 23.1 Å². The molecular formula is C13H16BrF2NO. The summed E-state index contributed by atoms with van der Waals surface area (Å²) in [6, 6.07) is 1.87. The highest BCUT2D eigenvalue weighted by atomic mass is 79.9. The third kappa shape index (κ3) is 3.51. The lowest BCUT2D eigenvalue weighted by molar-refractivity contribution is 0.0927. The van der Waals surface area contributed by atoms with Gasteiger partial charge < -0.3 is 5.32 Å². The van der Waals surface area contributed by atoms with Crippen LogP contribution in [0.3, 0.4) is 0 Å². The second-order valence-electron chi connectivity index (χ2n) is 4.47. The van der Waals surface area contributed by atoms with Crippen LogP contribution in [0.1, 0.15) is 29.8 Å². The summed E-state index contributed by atoms with van der Waals surface area (Å²) in [5.41, 5.74) is 0.130. The fourth-order valence-electron chi connectivity index (χ4n) is 1.39. The number of carbonyl (C=O) groups excluding carboxylic acids is 1. The molecule has 2 nitrogen and oxygen atoms in total. The van der Waals surface area contributed by atoms with Gasteiger partial charge in [0, 0.05) is 17.4 Å². The Bertz CT molecular complexity index is 451. The lowest BCUT2D eigenvalue weighted by Gasteiger charge is -2.19. The molecule has 0 saturated carbocycles. The van der Waals surface area contributed by atoms with Crippen LogP contribution in [-0.2, 0) is 0 Å². The average molecular weight is 320 g/mol. The SMILES string of the molecule is Cc1cc(C(=O)NC(C)C(C)CBr)c(F)cc1F. The first-order valence-electron chi connectivity index (χ1n) is 5.69. The summed E-state index contributed by atoms with van der Waals surface area (Å²) >= 11 is 3.32. The monoisotopic (exact) mass is 319 g/mol. The number of nitrogens with one attached hydrogen (secondary N) is 1. The topological polar surface area (TPSA) is 29.1 Å². The van der Waals surface area contributed by atoms with Crippen LogP contribution in [0, 0.1) is 24.5 Å². The third-order valence-corrected chi connectivity index (χ3v) is 3.97. The predicted octanol–water partition coefficient (Wildman–Crippen LogP) is 3.42. The molecule has 0 aliphatic rings. The van der Waals surface area contributed by atoms with E-state index < -0.39 is 17.5 Å². The van der Waals surface area contributed by atoms with Crippen LogP contribution in [0.4, 0.5) is 8.78 Å². The molecular weight excluding hydrogens is 304 g/mol. The fourth-order valence-corrected chi connectivity index (χ4v) is 1.95. The van der Waals surface area contributed by atoms with Crippen LogP contribution in [0.2, 0.25) is 0 Å². The molecule has 0 heterocycles. The Morgan fingerprint density at radius 1 is 1.33 bits per heavy atom. The number of hydrogen-bond acceptors (Lipinski definition) is 1. The molecule has 1 aromatic rings. The zero-order valence-electron chi connectivity index (χ0n) is 10.6. The Hall–Kier alpha value is -0.970. The first kappa shape index (κ1) is 15.1. The molecule has 1 N–H and O–H groups in total. The van der Waals surface area contributed by atoms with Crippen molar-refractivity contribution >= 4 is 21.8 Å². The molecule has 5 heteroatoms. The van der Waals surface area contributed by atoms with Crippen molar-refractivity contribution in [2.75, 3.05) is 5.33 Å². The number of carbonyl (C=O) groups is 1. The number of hydrogen-bond donors (Lipinski definition) is 1. The standard InChI is InChI=1S/C13H16BrF2NO/c1-7-4-10(12(16)5-11(7)15)13(18)17-9(3)8(2)6-14/h4-5,8-9H,6H2,1-3H3,(H,17,18). The van der Waals surface area contributed by atoms with Gasteiger partial charge in [0.15, 0.2) is 0 Å². The summed E-state index contributed by atoms with van der Waals surface area (Å²) in [4.78, 5) is 11.9. The van der Waals surface area contributed by atoms with Crippen LogP contribution in [0.25, 0.3) is 0 Å². The summed E-state index contributed by atoms with van der Waals surface area (Å²) in [5.74, 6) is -1.78. The van der Waals surface area contributed by atoms with Crippen molar-refractivity contribution in [1.82, 2.24) is 5.32 Å². The van der Waals surface area contributed by atoms with Crippen molar-refractivity contribution in [1.29, 1.82) is 0 Å². The highest BCUT2D eigenvalue weighted by Gasteiger charge is 2.18. The lowest BCUT2D eigenvalue weighted by Crippen LogP contribution is -2.38. The first-order valence-corrected chi connectivity index (χ1v) is 6.81. The average Bonchev–Trinajstić information content (AvgIpc) is 2.32. The van der Waals surface area contributed by atoms with Gasteiger partial charge in [0.2, 0.25) is 0 Å². The predicted molar refractivity (Wildman–Crippen MR) is 71.0 cm³/mol. The molecule has 0 radical (unpaired) electrons. The number of alkyl halides is 1. The third-order valence-electron chi connectivity index (χ3n) is 2.95. The second-order valence-corrected chi connectivity index (χ2v) is 5.12. The zero-order chi connectivity index (χ0) is 13.9. The van der Waals surface area contributed by atoms with E-state index in [1.807, 2.05) is 13.8 Å². The van der Waals surface area contributed by atoms with E-state index >= 15 is 0 Å². The fraction of sp³-hybridized carbons (Fsp3) is 0.462. The molecule has 0 bridgehead atoms. The van der Waals surface area contributed by atoms with Gasteiger partial charge in [0.05, 0.1) is 5.56 Å². The van der Waals surface area contributed by atoms with Crippen molar-refractivity contribution < 1.29 is 13.6 Å². The van der Waals surface area contributed by atoms with E-state index in [0.717, 1.165) is 11.4 Å². The maximum atomic E-state index is 13.5. The van der Waals surface area contributed by atoms with Crippen LogP contribution in [0.5, 0.6) is 0 Å². The highest BCUT2D eigenvalue weighted by molar-refractivity contribution is 9.09. The smallest absolute Gasteiger partial charge is 0.254 e. The summed E-state index contributed by atoms with van der Waals surface area (Å²) < 4.78 is 26.6. The number of halogens is 3. The number of amides is 1.